The minimum absolute atomic E-state index is 0.0114. The van der Waals surface area contributed by atoms with Crippen LogP contribution < -0.4 is 9.50 Å². The Hall–Kier alpha value is -3.97. The van der Waals surface area contributed by atoms with Gasteiger partial charge in [-0.1, -0.05) is 67.9 Å². The van der Waals surface area contributed by atoms with Crippen molar-refractivity contribution < 1.29 is 22.2 Å². The lowest BCUT2D eigenvalue weighted by atomic mass is 9.68. The molecule has 0 bridgehead atoms. The zero-order valence-corrected chi connectivity index (χ0v) is 22.2. The highest BCUT2D eigenvalue weighted by atomic mass is 32.2. The normalized spacial score (nSPS) is 20.0. The minimum atomic E-state index is -4.07. The molecule has 1 N–H and O–H groups in total. The first-order valence-electron chi connectivity index (χ1n) is 12.6. The van der Waals surface area contributed by atoms with Crippen molar-refractivity contribution >= 4 is 27.4 Å². The van der Waals surface area contributed by atoms with Crippen LogP contribution in [0.5, 0.6) is 5.75 Å². The van der Waals surface area contributed by atoms with Crippen molar-refractivity contribution in [3.63, 3.8) is 0 Å². The van der Waals surface area contributed by atoms with Crippen LogP contribution in [0.1, 0.15) is 59.7 Å². The first kappa shape index (κ1) is 24.4. The molecule has 0 saturated heterocycles. The summed E-state index contributed by atoms with van der Waals surface area (Å²) in [5.41, 5.74) is 5.38. The Labute approximate surface area is 222 Å². The van der Waals surface area contributed by atoms with Crippen molar-refractivity contribution in [2.45, 2.75) is 44.4 Å². The van der Waals surface area contributed by atoms with Gasteiger partial charge >= 0.3 is 10.1 Å². The molecule has 192 valence electrons. The summed E-state index contributed by atoms with van der Waals surface area (Å²) in [6.45, 7) is 6.00. The Bertz CT molecular complexity index is 1690. The summed E-state index contributed by atoms with van der Waals surface area (Å²) in [6, 6.07) is 20.6. The van der Waals surface area contributed by atoms with Gasteiger partial charge in [0.1, 0.15) is 10.6 Å². The number of ketones is 2. The molecule has 0 radical (unpaired) electrons. The third-order valence-corrected chi connectivity index (χ3v) is 8.70. The molecule has 0 saturated carbocycles. The Kier molecular flexibility index (Phi) is 5.47. The lowest BCUT2D eigenvalue weighted by Crippen LogP contribution is -2.37. The molecule has 6 rings (SSSR count). The Morgan fingerprint density at radius 2 is 1.58 bits per heavy atom. The number of Topliss-reactive ketones (excluding diaryl/α,β-unsaturated/α-hetero) is 2. The molecule has 0 fully saturated rings. The molecule has 2 aliphatic carbocycles. The average molecular weight is 526 g/mol. The number of dihydropyridines is 1. The smallest absolute Gasteiger partial charge is 0.339 e. The maximum atomic E-state index is 13.7. The van der Waals surface area contributed by atoms with Crippen LogP contribution in [0.4, 0.5) is 0 Å². The number of allylic oxidation sites excluding steroid dienone is 3. The fraction of sp³-hybridized carbons (Fsp3) is 0.226. The van der Waals surface area contributed by atoms with Crippen LogP contribution in [0.25, 0.3) is 5.70 Å². The van der Waals surface area contributed by atoms with E-state index in [4.69, 9.17) is 4.18 Å². The van der Waals surface area contributed by atoms with E-state index >= 15 is 0 Å². The number of nitrogens with one attached hydrogen (secondary N) is 1. The van der Waals surface area contributed by atoms with E-state index in [9.17, 15) is 18.0 Å². The predicted molar refractivity (Wildman–Crippen MR) is 144 cm³/mol. The summed E-state index contributed by atoms with van der Waals surface area (Å²) in [6.07, 6.45) is 1.03. The van der Waals surface area contributed by atoms with Gasteiger partial charge in [-0.05, 0) is 48.6 Å². The van der Waals surface area contributed by atoms with E-state index in [1.165, 1.54) is 12.1 Å². The van der Waals surface area contributed by atoms with Crippen molar-refractivity contribution in [3.05, 3.63) is 112 Å². The second-order valence-electron chi connectivity index (χ2n) is 11.0. The van der Waals surface area contributed by atoms with E-state index in [1.807, 2.05) is 31.2 Å². The molecule has 1 heterocycles. The summed E-state index contributed by atoms with van der Waals surface area (Å²) in [5, 5.41) is 3.46. The first-order valence-corrected chi connectivity index (χ1v) is 14.0. The predicted octanol–water partition coefficient (Wildman–Crippen LogP) is 5.70. The molecule has 0 spiro atoms. The van der Waals surface area contributed by atoms with Crippen molar-refractivity contribution in [2.75, 3.05) is 0 Å². The molecule has 7 heteroatoms. The second kappa shape index (κ2) is 8.53. The van der Waals surface area contributed by atoms with E-state index in [0.29, 0.717) is 35.1 Å². The van der Waals surface area contributed by atoms with Gasteiger partial charge in [-0.25, -0.2) is 0 Å². The Morgan fingerprint density at radius 1 is 0.868 bits per heavy atom. The van der Waals surface area contributed by atoms with E-state index < -0.39 is 16.0 Å². The van der Waals surface area contributed by atoms with Gasteiger partial charge in [0, 0.05) is 40.3 Å². The van der Waals surface area contributed by atoms with Gasteiger partial charge in [-0.2, -0.15) is 8.42 Å². The van der Waals surface area contributed by atoms with Gasteiger partial charge in [0.05, 0.1) is 5.70 Å². The Balaban J connectivity index is 1.46. The summed E-state index contributed by atoms with van der Waals surface area (Å²) >= 11 is 0. The molecule has 3 aromatic carbocycles. The van der Waals surface area contributed by atoms with Gasteiger partial charge in [0.15, 0.2) is 11.6 Å². The van der Waals surface area contributed by atoms with Crippen LogP contribution in [-0.4, -0.2) is 20.0 Å². The number of hydrogen-bond donors (Lipinski definition) is 1. The molecule has 0 aromatic heterocycles. The number of rotatable bonds is 4. The zero-order chi connectivity index (χ0) is 26.8. The molecule has 6 nitrogen and oxygen atoms in total. The summed E-state index contributed by atoms with van der Waals surface area (Å²) in [7, 11) is -4.07. The maximum Gasteiger partial charge on any atom is 0.339 e. The summed E-state index contributed by atoms with van der Waals surface area (Å²) < 4.78 is 31.5. The number of fused-ring (bicyclic) bond motifs is 2. The van der Waals surface area contributed by atoms with Crippen LogP contribution >= 0.6 is 0 Å². The van der Waals surface area contributed by atoms with Crippen LogP contribution in [0, 0.1) is 12.3 Å². The molecule has 1 atom stereocenters. The molecule has 3 aliphatic rings. The first-order chi connectivity index (χ1) is 18.0. The van der Waals surface area contributed by atoms with Crippen molar-refractivity contribution in [1.82, 2.24) is 5.32 Å². The van der Waals surface area contributed by atoms with Gasteiger partial charge < -0.3 is 9.50 Å². The minimum Gasteiger partial charge on any atom is -0.379 e. The van der Waals surface area contributed by atoms with Gasteiger partial charge in [-0.15, -0.1) is 0 Å². The third kappa shape index (κ3) is 3.98. The van der Waals surface area contributed by atoms with Crippen molar-refractivity contribution in [1.29, 1.82) is 0 Å². The van der Waals surface area contributed by atoms with Crippen LogP contribution in [0.3, 0.4) is 0 Å². The monoisotopic (exact) mass is 525 g/mol. The molecular weight excluding hydrogens is 498 g/mol. The lowest BCUT2D eigenvalue weighted by Gasteiger charge is -2.39. The molecule has 0 amide bonds. The van der Waals surface area contributed by atoms with Gasteiger partial charge in [0.25, 0.3) is 0 Å². The Morgan fingerprint density at radius 3 is 2.32 bits per heavy atom. The van der Waals surface area contributed by atoms with E-state index in [1.54, 1.807) is 36.4 Å². The topological polar surface area (TPSA) is 89.5 Å². The number of carbonyl (C=O) groups is 2. The van der Waals surface area contributed by atoms with Crippen LogP contribution in [-0.2, 0) is 14.9 Å². The fourth-order valence-electron chi connectivity index (χ4n) is 5.75. The quantitative estimate of drug-likeness (QED) is 0.440. The molecule has 38 heavy (non-hydrogen) atoms. The van der Waals surface area contributed by atoms with Crippen molar-refractivity contribution in [2.24, 2.45) is 5.41 Å². The summed E-state index contributed by atoms with van der Waals surface area (Å²) in [4.78, 5) is 27.3. The van der Waals surface area contributed by atoms with Crippen molar-refractivity contribution in [3.8, 4) is 5.75 Å². The lowest BCUT2D eigenvalue weighted by molar-refractivity contribution is -0.118. The fourth-order valence-corrected chi connectivity index (χ4v) is 6.67. The highest BCUT2D eigenvalue weighted by Crippen LogP contribution is 2.51. The maximum absolute atomic E-state index is 13.7. The molecule has 3 aromatic rings. The SMILES string of the molecule is Cc1ccc(S(=O)(=O)Oc2cccc([C@@H]3C4=C(CC(C)(C)CC4=O)NC4=C3C(=O)c3ccccc34)c2)cc1. The zero-order valence-electron chi connectivity index (χ0n) is 21.4. The van der Waals surface area contributed by atoms with E-state index in [-0.39, 0.29) is 27.6 Å². The third-order valence-electron chi connectivity index (χ3n) is 7.44. The molecule has 1 aliphatic heterocycles. The number of benzene rings is 3. The average Bonchev–Trinajstić information content (AvgIpc) is 3.14. The van der Waals surface area contributed by atoms with Crippen LogP contribution in [0.15, 0.2) is 94.5 Å². The van der Waals surface area contributed by atoms with E-state index in [0.717, 1.165) is 22.5 Å². The van der Waals surface area contributed by atoms with Gasteiger partial charge in [0.2, 0.25) is 0 Å². The highest BCUT2D eigenvalue weighted by molar-refractivity contribution is 7.87. The van der Waals surface area contributed by atoms with Gasteiger partial charge in [-0.3, -0.25) is 9.59 Å². The van der Waals surface area contributed by atoms with Crippen LogP contribution in [0.2, 0.25) is 0 Å². The molecular formula is C31H27NO5S. The number of aryl methyl sites for hydroxylation is 1. The van der Waals surface area contributed by atoms with E-state index in [2.05, 4.69) is 19.2 Å². The largest absolute Gasteiger partial charge is 0.379 e. The highest BCUT2D eigenvalue weighted by Gasteiger charge is 2.46. The summed E-state index contributed by atoms with van der Waals surface area (Å²) in [5.74, 6) is -0.647. The second-order valence-corrected chi connectivity index (χ2v) is 12.5. The standard InChI is InChI=1S/C31H27NO5S/c1-18-11-13-21(14-12-18)38(35,36)37-20-8-6-7-19(15-20)26-27-24(16-31(2,3)17-25(27)33)32-29-22-9-4-5-10-23(22)30(34)28(26)29/h4-15,26,32H,16-17H2,1-3H3/t26-/m1/s1. The number of carbonyl (C=O) groups excluding carboxylic acids is 2. The number of hydrogen-bond acceptors (Lipinski definition) is 6. The molecule has 0 unspecified atom stereocenters.